The van der Waals surface area contributed by atoms with E-state index in [1.54, 1.807) is 19.2 Å². The summed E-state index contributed by atoms with van der Waals surface area (Å²) in [5.41, 5.74) is 1.09. The Kier molecular flexibility index (Phi) is 4.39. The van der Waals surface area contributed by atoms with Gasteiger partial charge in [0.05, 0.1) is 12.7 Å². The zero-order valence-corrected chi connectivity index (χ0v) is 12.0. The van der Waals surface area contributed by atoms with Crippen LogP contribution in [0.4, 0.5) is 0 Å². The van der Waals surface area contributed by atoms with Crippen molar-refractivity contribution < 1.29 is 14.6 Å². The summed E-state index contributed by atoms with van der Waals surface area (Å²) in [4.78, 5) is 15.2. The first-order valence-corrected chi connectivity index (χ1v) is 7.19. The third-order valence-corrected chi connectivity index (χ3v) is 4.36. The Morgan fingerprint density at radius 3 is 2.89 bits per heavy atom. The summed E-state index contributed by atoms with van der Waals surface area (Å²) >= 11 is 2.85. The lowest BCUT2D eigenvalue weighted by molar-refractivity contribution is 0.0696. The molecule has 0 bridgehead atoms. The van der Waals surface area contributed by atoms with Crippen molar-refractivity contribution in [1.82, 2.24) is 9.36 Å². The van der Waals surface area contributed by atoms with E-state index in [4.69, 9.17) is 9.84 Å². The second-order valence-corrected chi connectivity index (χ2v) is 5.70. The number of methoxy groups -OCH3 is 1. The molecule has 1 N–H and O–H groups in total. The molecule has 0 aliphatic carbocycles. The van der Waals surface area contributed by atoms with Gasteiger partial charge in [-0.15, -0.1) is 0 Å². The summed E-state index contributed by atoms with van der Waals surface area (Å²) < 4.78 is 10.2. The van der Waals surface area contributed by atoms with Crippen LogP contribution in [0.1, 0.15) is 21.7 Å². The lowest BCUT2D eigenvalue weighted by atomic mass is 10.1. The summed E-state index contributed by atoms with van der Waals surface area (Å²) in [5.74, 6) is 1.08. The Hall–Kier alpha value is -1.60. The van der Waals surface area contributed by atoms with Crippen molar-refractivity contribution >= 4 is 29.3 Å². The monoisotopic (exact) mass is 296 g/mol. The van der Waals surface area contributed by atoms with Gasteiger partial charge in [-0.25, -0.2) is 9.78 Å². The number of nitrogens with zero attached hydrogens (tertiary/aromatic N) is 2. The number of thioether (sulfide) groups is 1. The summed E-state index contributed by atoms with van der Waals surface area (Å²) in [6, 6.07) is 4.83. The maximum absolute atomic E-state index is 11.0. The zero-order chi connectivity index (χ0) is 13.8. The van der Waals surface area contributed by atoms with Gasteiger partial charge < -0.3 is 9.84 Å². The Balaban J connectivity index is 2.17. The van der Waals surface area contributed by atoms with Crippen LogP contribution in [0.3, 0.4) is 0 Å². The SMILES string of the molecule is COc1ccc(C(=O)O)cc1CSc1nc(C)ns1. The highest BCUT2D eigenvalue weighted by Gasteiger charge is 2.10. The van der Waals surface area contributed by atoms with Crippen molar-refractivity contribution in [3.63, 3.8) is 0 Å². The number of aryl methyl sites for hydroxylation is 1. The summed E-state index contributed by atoms with van der Waals surface area (Å²) in [5, 5.41) is 8.99. The smallest absolute Gasteiger partial charge is 0.335 e. The van der Waals surface area contributed by atoms with Crippen molar-refractivity contribution in [3.8, 4) is 5.75 Å². The van der Waals surface area contributed by atoms with Crippen molar-refractivity contribution in [1.29, 1.82) is 0 Å². The van der Waals surface area contributed by atoms with Crippen LogP contribution in [0.15, 0.2) is 22.5 Å². The van der Waals surface area contributed by atoms with E-state index in [9.17, 15) is 4.79 Å². The number of hydrogen-bond acceptors (Lipinski definition) is 6. The van der Waals surface area contributed by atoms with Crippen molar-refractivity contribution in [2.75, 3.05) is 7.11 Å². The first kappa shape index (κ1) is 13.8. The molecule has 0 spiro atoms. The van der Waals surface area contributed by atoms with Crippen LogP contribution in [-0.4, -0.2) is 27.5 Å². The fraction of sp³-hybridized carbons (Fsp3) is 0.250. The van der Waals surface area contributed by atoms with E-state index in [0.29, 0.717) is 11.5 Å². The van der Waals surface area contributed by atoms with Gasteiger partial charge in [-0.1, -0.05) is 11.8 Å². The Morgan fingerprint density at radius 2 is 2.32 bits per heavy atom. The van der Waals surface area contributed by atoms with E-state index < -0.39 is 5.97 Å². The van der Waals surface area contributed by atoms with Gasteiger partial charge in [0, 0.05) is 11.3 Å². The first-order valence-electron chi connectivity index (χ1n) is 5.43. The molecular formula is C12H12N2O3S2. The number of carboxylic acids is 1. The molecule has 100 valence electrons. The third kappa shape index (κ3) is 3.45. The van der Waals surface area contributed by atoms with Gasteiger partial charge in [0.1, 0.15) is 11.6 Å². The maximum atomic E-state index is 11.0. The zero-order valence-electron chi connectivity index (χ0n) is 10.4. The molecule has 1 aromatic carbocycles. The molecule has 5 nitrogen and oxygen atoms in total. The highest BCUT2D eigenvalue weighted by Crippen LogP contribution is 2.29. The maximum Gasteiger partial charge on any atom is 0.335 e. The normalized spacial score (nSPS) is 10.4. The van der Waals surface area contributed by atoms with Gasteiger partial charge in [0.25, 0.3) is 0 Å². The molecule has 1 heterocycles. The van der Waals surface area contributed by atoms with Gasteiger partial charge in [-0.3, -0.25) is 0 Å². The first-order chi connectivity index (χ1) is 9.10. The Labute approximate surface area is 118 Å². The van der Waals surface area contributed by atoms with E-state index in [1.165, 1.54) is 29.4 Å². The number of aromatic carboxylic acids is 1. The number of hydrogen-bond donors (Lipinski definition) is 1. The molecule has 0 aliphatic heterocycles. The second kappa shape index (κ2) is 6.03. The molecule has 0 atom stereocenters. The molecule has 0 amide bonds. The number of ether oxygens (including phenoxy) is 1. The molecular weight excluding hydrogens is 284 g/mol. The third-order valence-electron chi connectivity index (χ3n) is 2.39. The standard InChI is InChI=1S/C12H12N2O3S2/c1-7-13-12(19-14-7)18-6-9-5-8(11(15)16)3-4-10(9)17-2/h3-5H,6H2,1-2H3,(H,15,16). The van der Waals surface area contributed by atoms with E-state index in [1.807, 2.05) is 6.92 Å². The fourth-order valence-electron chi connectivity index (χ4n) is 1.50. The second-order valence-electron chi connectivity index (χ2n) is 3.73. The molecule has 0 unspecified atom stereocenters. The quantitative estimate of drug-likeness (QED) is 0.855. The molecule has 19 heavy (non-hydrogen) atoms. The number of rotatable bonds is 5. The van der Waals surface area contributed by atoms with Gasteiger partial charge >= 0.3 is 5.97 Å². The number of aromatic nitrogens is 2. The predicted octanol–water partition coefficient (Wildman–Crippen LogP) is 2.85. The van der Waals surface area contributed by atoms with E-state index in [-0.39, 0.29) is 5.56 Å². The summed E-state index contributed by atoms with van der Waals surface area (Å²) in [7, 11) is 1.57. The average Bonchev–Trinajstić information content (AvgIpc) is 2.81. The largest absolute Gasteiger partial charge is 0.496 e. The van der Waals surface area contributed by atoms with Crippen molar-refractivity contribution in [3.05, 3.63) is 35.2 Å². The van der Waals surface area contributed by atoms with E-state index in [2.05, 4.69) is 9.36 Å². The molecule has 7 heteroatoms. The molecule has 1 aromatic heterocycles. The molecule has 0 saturated carbocycles. The fourth-order valence-corrected chi connectivity index (χ4v) is 3.13. The highest BCUT2D eigenvalue weighted by molar-refractivity contribution is 8.00. The average molecular weight is 296 g/mol. The highest BCUT2D eigenvalue weighted by atomic mass is 32.2. The van der Waals surface area contributed by atoms with Crippen LogP contribution >= 0.6 is 23.3 Å². The molecule has 0 fully saturated rings. The van der Waals surface area contributed by atoms with Crippen LogP contribution in [-0.2, 0) is 5.75 Å². The molecule has 0 aliphatic rings. The predicted molar refractivity (Wildman–Crippen MR) is 74.2 cm³/mol. The van der Waals surface area contributed by atoms with Gasteiger partial charge in [0.15, 0.2) is 4.34 Å². The molecule has 2 aromatic rings. The summed E-state index contributed by atoms with van der Waals surface area (Å²) in [6.07, 6.45) is 0. The van der Waals surface area contributed by atoms with Crippen LogP contribution in [0.2, 0.25) is 0 Å². The minimum atomic E-state index is -0.944. The summed E-state index contributed by atoms with van der Waals surface area (Å²) in [6.45, 7) is 1.84. The van der Waals surface area contributed by atoms with E-state index in [0.717, 1.165) is 15.7 Å². The van der Waals surface area contributed by atoms with Gasteiger partial charge in [-0.05, 0) is 36.7 Å². The van der Waals surface area contributed by atoms with E-state index >= 15 is 0 Å². The van der Waals surface area contributed by atoms with Crippen LogP contribution in [0.5, 0.6) is 5.75 Å². The Bertz CT molecular complexity index is 598. The number of carbonyl (C=O) groups is 1. The van der Waals surface area contributed by atoms with Gasteiger partial charge in [0.2, 0.25) is 0 Å². The lowest BCUT2D eigenvalue weighted by Gasteiger charge is -2.08. The van der Waals surface area contributed by atoms with Crippen molar-refractivity contribution in [2.45, 2.75) is 17.0 Å². The molecule has 2 rings (SSSR count). The minimum Gasteiger partial charge on any atom is -0.496 e. The molecule has 0 radical (unpaired) electrons. The topological polar surface area (TPSA) is 72.3 Å². The number of carboxylic acid groups (broad SMARTS) is 1. The van der Waals surface area contributed by atoms with Crippen LogP contribution in [0, 0.1) is 6.92 Å². The van der Waals surface area contributed by atoms with Crippen LogP contribution < -0.4 is 4.74 Å². The minimum absolute atomic E-state index is 0.254. The molecule has 0 saturated heterocycles. The lowest BCUT2D eigenvalue weighted by Crippen LogP contribution is -1.99. The van der Waals surface area contributed by atoms with Crippen molar-refractivity contribution in [2.24, 2.45) is 0 Å². The number of benzene rings is 1. The van der Waals surface area contributed by atoms with Gasteiger partial charge in [-0.2, -0.15) is 4.37 Å². The Morgan fingerprint density at radius 1 is 1.53 bits per heavy atom. The van der Waals surface area contributed by atoms with Crippen LogP contribution in [0.25, 0.3) is 0 Å².